The summed E-state index contributed by atoms with van der Waals surface area (Å²) >= 11 is 1.30. The number of hydrogen-bond acceptors (Lipinski definition) is 8. The summed E-state index contributed by atoms with van der Waals surface area (Å²) in [4.78, 5) is 29.9. The third-order valence-corrected chi connectivity index (χ3v) is 8.40. The number of hydrogen-bond donors (Lipinski definition) is 1. The summed E-state index contributed by atoms with van der Waals surface area (Å²) < 4.78 is 34.1. The molecule has 1 saturated heterocycles. The Morgan fingerprint density at radius 1 is 1.25 bits per heavy atom. The topological polar surface area (TPSA) is 118 Å². The van der Waals surface area contributed by atoms with Gasteiger partial charge in [0.15, 0.2) is 4.96 Å². The number of ether oxygens (including phenoxy) is 1. The highest BCUT2D eigenvalue weighted by Gasteiger charge is 2.44. The number of rotatable bonds is 5. The van der Waals surface area contributed by atoms with E-state index in [1.54, 1.807) is 31.4 Å². The fraction of sp³-hybridized carbons (Fsp3) is 0.381. The van der Waals surface area contributed by atoms with Crippen LogP contribution in [0.3, 0.4) is 0 Å². The van der Waals surface area contributed by atoms with E-state index in [0.717, 1.165) is 21.1 Å². The predicted molar refractivity (Wildman–Crippen MR) is 118 cm³/mol. The second kappa shape index (κ2) is 8.39. The van der Waals surface area contributed by atoms with Crippen molar-refractivity contribution in [1.82, 2.24) is 13.7 Å². The monoisotopic (exact) mass is 477 g/mol. The summed E-state index contributed by atoms with van der Waals surface area (Å²) in [6.45, 7) is 5.00. The van der Waals surface area contributed by atoms with E-state index in [0.29, 0.717) is 4.96 Å². The van der Waals surface area contributed by atoms with Crippen LogP contribution < -0.4 is 5.56 Å². The van der Waals surface area contributed by atoms with Crippen LogP contribution in [0.15, 0.2) is 39.3 Å². The smallest absolute Gasteiger partial charge is 0.324 e. The van der Waals surface area contributed by atoms with Gasteiger partial charge in [-0.2, -0.15) is 4.31 Å². The van der Waals surface area contributed by atoms with Gasteiger partial charge >= 0.3 is 5.97 Å². The number of nitrogens with zero attached hydrogens (tertiary/aromatic N) is 3. The number of aromatic nitrogens is 2. The van der Waals surface area contributed by atoms with Gasteiger partial charge in [-0.1, -0.05) is 6.07 Å². The summed E-state index contributed by atoms with van der Waals surface area (Å²) in [5, 5.41) is 11.9. The van der Waals surface area contributed by atoms with Gasteiger partial charge in [-0.05, 0) is 44.0 Å². The summed E-state index contributed by atoms with van der Waals surface area (Å²) in [6, 6.07) is 4.86. The van der Waals surface area contributed by atoms with E-state index in [9.17, 15) is 23.1 Å². The van der Waals surface area contributed by atoms with Gasteiger partial charge in [0, 0.05) is 30.1 Å². The number of sulfonamides is 1. The average molecular weight is 478 g/mol. The van der Waals surface area contributed by atoms with Crippen molar-refractivity contribution in [3.63, 3.8) is 0 Å². The van der Waals surface area contributed by atoms with Crippen LogP contribution in [0.4, 0.5) is 0 Å². The molecule has 32 heavy (non-hydrogen) atoms. The van der Waals surface area contributed by atoms with Gasteiger partial charge in [0.1, 0.15) is 12.6 Å². The number of aliphatic hydroxyl groups excluding tert-OH is 1. The summed E-state index contributed by atoms with van der Waals surface area (Å²) in [5.74, 6) is -0.793. The lowest BCUT2D eigenvalue weighted by Gasteiger charge is -2.22. The lowest BCUT2D eigenvalue weighted by Crippen LogP contribution is -2.41. The first-order chi connectivity index (χ1) is 15.1. The molecule has 0 aliphatic carbocycles. The van der Waals surface area contributed by atoms with Crippen LogP contribution in [0.2, 0.25) is 0 Å². The van der Waals surface area contributed by atoms with Crippen LogP contribution in [0.25, 0.3) is 4.96 Å². The van der Waals surface area contributed by atoms with E-state index < -0.39 is 28.1 Å². The van der Waals surface area contributed by atoms with E-state index >= 15 is 0 Å². The molecule has 0 saturated carbocycles. The fourth-order valence-electron chi connectivity index (χ4n) is 3.69. The van der Waals surface area contributed by atoms with Crippen LogP contribution in [-0.2, 0) is 26.2 Å². The molecule has 0 amide bonds. The van der Waals surface area contributed by atoms with Crippen molar-refractivity contribution >= 4 is 32.3 Å². The van der Waals surface area contributed by atoms with Gasteiger partial charge in [0.05, 0.1) is 16.7 Å². The van der Waals surface area contributed by atoms with Gasteiger partial charge < -0.3 is 9.84 Å². The molecule has 0 bridgehead atoms. The third-order valence-electron chi connectivity index (χ3n) is 5.58. The number of carbonyl (C=O) groups excluding carboxylic acids is 1. The fourth-order valence-corrected chi connectivity index (χ4v) is 6.29. The molecule has 1 aromatic carbocycles. The minimum atomic E-state index is -4.02. The SMILES string of the molecule is Cc1ccc(S(=O)(=O)N2CC(O)CC2C(=O)OCc2cc(=O)n3c(C)csc3n2)cc1C. The average Bonchev–Trinajstić information content (AvgIpc) is 3.31. The normalized spacial score (nSPS) is 19.5. The molecule has 9 nitrogen and oxygen atoms in total. The highest BCUT2D eigenvalue weighted by Crippen LogP contribution is 2.28. The minimum absolute atomic E-state index is 0.0562. The van der Waals surface area contributed by atoms with Crippen LogP contribution in [0.1, 0.15) is 28.9 Å². The van der Waals surface area contributed by atoms with Crippen molar-refractivity contribution in [2.75, 3.05) is 6.54 Å². The van der Waals surface area contributed by atoms with Gasteiger partial charge in [-0.25, -0.2) is 13.4 Å². The molecule has 1 fully saturated rings. The molecule has 1 aliphatic rings. The van der Waals surface area contributed by atoms with E-state index in [2.05, 4.69) is 4.98 Å². The van der Waals surface area contributed by atoms with Crippen LogP contribution in [-0.4, -0.2) is 51.9 Å². The lowest BCUT2D eigenvalue weighted by molar-refractivity contribution is -0.149. The van der Waals surface area contributed by atoms with Crippen molar-refractivity contribution in [3.05, 3.63) is 62.5 Å². The number of aliphatic hydroxyl groups is 1. The highest BCUT2D eigenvalue weighted by atomic mass is 32.2. The molecule has 2 aromatic heterocycles. The van der Waals surface area contributed by atoms with Crippen LogP contribution >= 0.6 is 11.3 Å². The molecule has 11 heteroatoms. The number of fused-ring (bicyclic) bond motifs is 1. The van der Waals surface area contributed by atoms with Crippen molar-refractivity contribution in [3.8, 4) is 0 Å². The second-order valence-electron chi connectivity index (χ2n) is 7.91. The van der Waals surface area contributed by atoms with Crippen molar-refractivity contribution in [1.29, 1.82) is 0 Å². The molecule has 0 radical (unpaired) electrons. The van der Waals surface area contributed by atoms with E-state index in [1.807, 2.05) is 6.92 Å². The molecular formula is C21H23N3O6S2. The summed E-state index contributed by atoms with van der Waals surface area (Å²) in [7, 11) is -4.02. The number of esters is 1. The van der Waals surface area contributed by atoms with Crippen LogP contribution in [0, 0.1) is 20.8 Å². The Morgan fingerprint density at radius 3 is 2.72 bits per heavy atom. The van der Waals surface area contributed by atoms with Gasteiger partial charge in [-0.15, -0.1) is 11.3 Å². The van der Waals surface area contributed by atoms with E-state index in [-0.39, 0.29) is 35.7 Å². The maximum atomic E-state index is 13.2. The lowest BCUT2D eigenvalue weighted by atomic mass is 10.1. The molecule has 3 aromatic rings. The number of thiazole rings is 1. The molecule has 1 N–H and O–H groups in total. The Labute approximate surface area is 189 Å². The Morgan fingerprint density at radius 2 is 2.00 bits per heavy atom. The van der Waals surface area contributed by atoms with Crippen molar-refractivity contribution in [2.24, 2.45) is 0 Å². The first kappa shape index (κ1) is 22.6. The number of β-amino-alcohol motifs (C(OH)–C–C–N with tert-alkyl or cyclic N) is 1. The Bertz CT molecular complexity index is 1360. The van der Waals surface area contributed by atoms with Gasteiger partial charge in [0.25, 0.3) is 5.56 Å². The van der Waals surface area contributed by atoms with Gasteiger partial charge in [-0.3, -0.25) is 14.0 Å². The summed E-state index contributed by atoms with van der Waals surface area (Å²) in [6.07, 6.45) is -1.05. The van der Waals surface area contributed by atoms with Crippen LogP contribution in [0.5, 0.6) is 0 Å². The largest absolute Gasteiger partial charge is 0.458 e. The molecule has 1 aliphatic heterocycles. The molecular weight excluding hydrogens is 454 g/mol. The first-order valence-electron chi connectivity index (χ1n) is 9.98. The zero-order valence-electron chi connectivity index (χ0n) is 17.8. The standard InChI is InChI=1S/C21H23N3O6S2/c1-12-4-5-17(6-13(12)2)32(28,29)23-9-16(25)8-18(23)20(27)30-10-15-7-19(26)24-14(3)11-31-21(24)22-15/h4-7,11,16,18,25H,8-10H2,1-3H3. The summed E-state index contributed by atoms with van der Waals surface area (Å²) in [5.41, 5.74) is 2.50. The van der Waals surface area contributed by atoms with Crippen molar-refractivity contribution in [2.45, 2.75) is 50.8 Å². The number of aryl methyl sites for hydroxylation is 3. The van der Waals surface area contributed by atoms with E-state index in [4.69, 9.17) is 4.74 Å². The Kier molecular flexibility index (Phi) is 5.93. The zero-order valence-corrected chi connectivity index (χ0v) is 19.4. The molecule has 0 spiro atoms. The van der Waals surface area contributed by atoms with E-state index in [1.165, 1.54) is 27.9 Å². The number of carbonyl (C=O) groups is 1. The van der Waals surface area contributed by atoms with Gasteiger partial charge in [0.2, 0.25) is 10.0 Å². The quantitative estimate of drug-likeness (QED) is 0.554. The molecule has 2 atom stereocenters. The van der Waals surface area contributed by atoms with Crippen molar-refractivity contribution < 1.29 is 23.1 Å². The molecule has 170 valence electrons. The molecule has 4 rings (SSSR count). The predicted octanol–water partition coefficient (Wildman–Crippen LogP) is 1.55. The highest BCUT2D eigenvalue weighted by molar-refractivity contribution is 7.89. The second-order valence-corrected chi connectivity index (χ2v) is 10.6. The maximum absolute atomic E-state index is 13.2. The Balaban J connectivity index is 1.54. The third kappa shape index (κ3) is 4.08. The molecule has 2 unspecified atom stereocenters. The maximum Gasteiger partial charge on any atom is 0.324 e. The molecule has 3 heterocycles. The Hall–Kier alpha value is -2.60. The minimum Gasteiger partial charge on any atom is -0.458 e. The zero-order chi connectivity index (χ0) is 23.2. The first-order valence-corrected chi connectivity index (χ1v) is 12.3. The number of benzene rings is 1.